The summed E-state index contributed by atoms with van der Waals surface area (Å²) in [7, 11) is 0. The third-order valence-corrected chi connectivity index (χ3v) is 2.62. The highest BCUT2D eigenvalue weighted by atomic mass is 16.5. The fraction of sp³-hybridized carbons (Fsp3) is 0.429. The second-order valence-electron chi connectivity index (χ2n) is 4.21. The molecule has 0 aliphatic rings. The first-order valence-electron chi connectivity index (χ1n) is 6.54. The topological polar surface area (TPSA) is 93.5 Å². The summed E-state index contributed by atoms with van der Waals surface area (Å²) in [5.41, 5.74) is 7.20. The molecule has 0 fully saturated rings. The largest absolute Gasteiger partial charge is 0.377 e. The van der Waals surface area contributed by atoms with Gasteiger partial charge in [0.2, 0.25) is 11.8 Å². The van der Waals surface area contributed by atoms with Crippen LogP contribution in [0.15, 0.2) is 24.3 Å². The Morgan fingerprint density at radius 3 is 2.35 bits per heavy atom. The number of carbonyl (C=O) groups excluding carboxylic acids is 2. The third kappa shape index (κ3) is 6.31. The summed E-state index contributed by atoms with van der Waals surface area (Å²) in [4.78, 5) is 22.3. The van der Waals surface area contributed by atoms with Gasteiger partial charge >= 0.3 is 0 Å². The van der Waals surface area contributed by atoms with E-state index >= 15 is 0 Å². The predicted molar refractivity (Wildman–Crippen MR) is 75.7 cm³/mol. The normalized spacial score (nSPS) is 10.1. The zero-order valence-electron chi connectivity index (χ0n) is 11.6. The van der Waals surface area contributed by atoms with Crippen LogP contribution in [0.4, 0.5) is 0 Å². The van der Waals surface area contributed by atoms with Gasteiger partial charge in [0, 0.05) is 13.2 Å². The molecule has 110 valence electrons. The monoisotopic (exact) mass is 279 g/mol. The molecule has 0 bridgehead atoms. The third-order valence-electron chi connectivity index (χ3n) is 2.62. The van der Waals surface area contributed by atoms with Crippen molar-refractivity contribution in [2.45, 2.75) is 20.1 Å². The molecule has 0 unspecified atom stereocenters. The van der Waals surface area contributed by atoms with Crippen LogP contribution in [0.2, 0.25) is 0 Å². The Labute approximate surface area is 118 Å². The van der Waals surface area contributed by atoms with E-state index in [1.54, 1.807) is 0 Å². The number of amides is 2. The Balaban J connectivity index is 2.30. The molecular weight excluding hydrogens is 258 g/mol. The molecular formula is C14H21N3O3. The van der Waals surface area contributed by atoms with E-state index < -0.39 is 0 Å². The van der Waals surface area contributed by atoms with Gasteiger partial charge in [0.25, 0.3) is 0 Å². The maximum absolute atomic E-state index is 11.5. The van der Waals surface area contributed by atoms with Gasteiger partial charge in [-0.3, -0.25) is 9.59 Å². The molecule has 0 radical (unpaired) electrons. The van der Waals surface area contributed by atoms with Crippen LogP contribution in [0.25, 0.3) is 0 Å². The summed E-state index contributed by atoms with van der Waals surface area (Å²) in [6.07, 6.45) is 0. The summed E-state index contributed by atoms with van der Waals surface area (Å²) >= 11 is 0. The minimum Gasteiger partial charge on any atom is -0.377 e. The quantitative estimate of drug-likeness (QED) is 0.620. The number of hydrogen-bond donors (Lipinski definition) is 3. The van der Waals surface area contributed by atoms with Crippen LogP contribution in [0.1, 0.15) is 18.1 Å². The summed E-state index contributed by atoms with van der Waals surface area (Å²) in [5, 5.41) is 5.12. The first kappa shape index (κ1) is 16.1. The van der Waals surface area contributed by atoms with Crippen LogP contribution in [-0.4, -0.2) is 31.5 Å². The van der Waals surface area contributed by atoms with Gasteiger partial charge in [-0.2, -0.15) is 0 Å². The minimum atomic E-state index is -0.347. The zero-order valence-corrected chi connectivity index (χ0v) is 11.6. The first-order chi connectivity index (χ1) is 9.65. The van der Waals surface area contributed by atoms with Crippen molar-refractivity contribution >= 4 is 11.8 Å². The summed E-state index contributed by atoms with van der Waals surface area (Å²) < 4.78 is 5.30. The van der Waals surface area contributed by atoms with Gasteiger partial charge in [-0.05, 0) is 18.1 Å². The van der Waals surface area contributed by atoms with E-state index in [2.05, 4.69) is 10.6 Å². The Morgan fingerprint density at radius 1 is 1.10 bits per heavy atom. The lowest BCUT2D eigenvalue weighted by Gasteiger charge is -2.07. The number of nitrogens with one attached hydrogen (secondary N) is 2. The second-order valence-corrected chi connectivity index (χ2v) is 4.21. The molecule has 20 heavy (non-hydrogen) atoms. The summed E-state index contributed by atoms with van der Waals surface area (Å²) in [6.45, 7) is 3.48. The van der Waals surface area contributed by atoms with E-state index in [4.69, 9.17) is 10.5 Å². The molecule has 0 saturated heterocycles. The Hall–Kier alpha value is -1.92. The average Bonchev–Trinajstić information content (AvgIpc) is 2.49. The highest BCUT2D eigenvalue weighted by molar-refractivity contribution is 5.85. The zero-order chi connectivity index (χ0) is 14.8. The molecule has 0 aromatic heterocycles. The van der Waals surface area contributed by atoms with E-state index in [0.29, 0.717) is 19.8 Å². The van der Waals surface area contributed by atoms with Crippen molar-refractivity contribution in [2.75, 3.05) is 19.7 Å². The molecule has 1 aromatic carbocycles. The molecule has 2 amide bonds. The fourth-order valence-corrected chi connectivity index (χ4v) is 1.49. The van der Waals surface area contributed by atoms with Crippen LogP contribution >= 0.6 is 0 Å². The lowest BCUT2D eigenvalue weighted by Crippen LogP contribution is -2.39. The van der Waals surface area contributed by atoms with Crippen LogP contribution in [-0.2, 0) is 27.5 Å². The maximum atomic E-state index is 11.5. The first-order valence-corrected chi connectivity index (χ1v) is 6.54. The second kappa shape index (κ2) is 9.06. The SMILES string of the molecule is CCOCc1ccc(CNC(=O)CNC(=O)CN)cc1. The highest BCUT2D eigenvalue weighted by Gasteiger charge is 2.03. The highest BCUT2D eigenvalue weighted by Crippen LogP contribution is 2.05. The van der Waals surface area contributed by atoms with Crippen molar-refractivity contribution in [3.63, 3.8) is 0 Å². The van der Waals surface area contributed by atoms with Crippen molar-refractivity contribution in [1.82, 2.24) is 10.6 Å². The van der Waals surface area contributed by atoms with Crippen molar-refractivity contribution in [1.29, 1.82) is 0 Å². The number of carbonyl (C=O) groups is 2. The smallest absolute Gasteiger partial charge is 0.239 e. The molecule has 4 N–H and O–H groups in total. The van der Waals surface area contributed by atoms with Crippen LogP contribution in [0.5, 0.6) is 0 Å². The number of nitrogens with two attached hydrogens (primary N) is 1. The maximum Gasteiger partial charge on any atom is 0.239 e. The molecule has 0 spiro atoms. The van der Waals surface area contributed by atoms with Gasteiger partial charge in [-0.25, -0.2) is 0 Å². The van der Waals surface area contributed by atoms with Crippen molar-refractivity contribution in [2.24, 2.45) is 5.73 Å². The Bertz CT molecular complexity index is 432. The molecule has 6 heteroatoms. The van der Waals surface area contributed by atoms with Gasteiger partial charge in [0.1, 0.15) is 0 Å². The standard InChI is InChI=1S/C14H21N3O3/c1-2-20-10-12-5-3-11(4-6-12)8-16-14(19)9-17-13(18)7-15/h3-6H,2,7-10,15H2,1H3,(H,16,19)(H,17,18). The van der Waals surface area contributed by atoms with E-state index in [1.165, 1.54) is 0 Å². The van der Waals surface area contributed by atoms with Gasteiger partial charge in [-0.1, -0.05) is 24.3 Å². The molecule has 0 aliphatic heterocycles. The minimum absolute atomic E-state index is 0.0571. The lowest BCUT2D eigenvalue weighted by molar-refractivity contribution is -0.125. The predicted octanol–water partition coefficient (Wildman–Crippen LogP) is -0.0858. The van der Waals surface area contributed by atoms with Crippen molar-refractivity contribution < 1.29 is 14.3 Å². The van der Waals surface area contributed by atoms with Crippen LogP contribution in [0.3, 0.4) is 0 Å². The summed E-state index contributed by atoms with van der Waals surface area (Å²) in [5.74, 6) is -0.592. The number of benzene rings is 1. The fourth-order valence-electron chi connectivity index (χ4n) is 1.49. The Morgan fingerprint density at radius 2 is 1.75 bits per heavy atom. The van der Waals surface area contributed by atoms with Gasteiger partial charge < -0.3 is 21.1 Å². The van der Waals surface area contributed by atoms with Crippen molar-refractivity contribution in [3.05, 3.63) is 35.4 Å². The van der Waals surface area contributed by atoms with Crippen LogP contribution in [0, 0.1) is 0 Å². The number of rotatable bonds is 8. The Kier molecular flexibility index (Phi) is 7.31. The molecule has 0 saturated carbocycles. The molecule has 1 rings (SSSR count). The van der Waals surface area contributed by atoms with E-state index in [0.717, 1.165) is 11.1 Å². The lowest BCUT2D eigenvalue weighted by atomic mass is 10.1. The van der Waals surface area contributed by atoms with Gasteiger partial charge in [0.15, 0.2) is 0 Å². The van der Waals surface area contributed by atoms with Crippen molar-refractivity contribution in [3.8, 4) is 0 Å². The number of ether oxygens (including phenoxy) is 1. The van der Waals surface area contributed by atoms with E-state index in [-0.39, 0.29) is 24.9 Å². The van der Waals surface area contributed by atoms with Gasteiger partial charge in [-0.15, -0.1) is 0 Å². The molecule has 1 aromatic rings. The average molecular weight is 279 g/mol. The molecule has 0 aliphatic carbocycles. The summed E-state index contributed by atoms with van der Waals surface area (Å²) in [6, 6.07) is 7.81. The van der Waals surface area contributed by atoms with Gasteiger partial charge in [0.05, 0.1) is 19.7 Å². The number of hydrogen-bond acceptors (Lipinski definition) is 4. The van der Waals surface area contributed by atoms with E-state index in [9.17, 15) is 9.59 Å². The van der Waals surface area contributed by atoms with E-state index in [1.807, 2.05) is 31.2 Å². The molecule has 6 nitrogen and oxygen atoms in total. The molecule has 0 heterocycles. The van der Waals surface area contributed by atoms with Crippen LogP contribution < -0.4 is 16.4 Å². The molecule has 0 atom stereocenters.